The van der Waals surface area contributed by atoms with E-state index in [1.165, 1.54) is 0 Å². The van der Waals surface area contributed by atoms with Crippen LogP contribution >= 0.6 is 0 Å². The fourth-order valence-corrected chi connectivity index (χ4v) is 2.48. The molecule has 0 amide bonds. The summed E-state index contributed by atoms with van der Waals surface area (Å²) >= 11 is 0. The number of nitrogens with zero attached hydrogens (tertiary/aromatic N) is 3. The first-order chi connectivity index (χ1) is 9.60. The SMILES string of the molecule is Cc1cc(N2CCC(OCCN)CC2)nc(C(C)C)n1. The number of rotatable bonds is 5. The zero-order valence-corrected chi connectivity index (χ0v) is 12.8. The highest BCUT2D eigenvalue weighted by Crippen LogP contribution is 2.22. The van der Waals surface area contributed by atoms with E-state index in [-0.39, 0.29) is 0 Å². The number of aryl methyl sites for hydroxylation is 1. The van der Waals surface area contributed by atoms with E-state index < -0.39 is 0 Å². The second kappa shape index (κ2) is 6.99. The predicted molar refractivity (Wildman–Crippen MR) is 81.1 cm³/mol. The molecule has 0 unspecified atom stereocenters. The molecule has 0 radical (unpaired) electrons. The smallest absolute Gasteiger partial charge is 0.133 e. The summed E-state index contributed by atoms with van der Waals surface area (Å²) in [6.07, 6.45) is 2.43. The molecule has 5 nitrogen and oxygen atoms in total. The Bertz CT molecular complexity index is 428. The lowest BCUT2D eigenvalue weighted by molar-refractivity contribution is 0.0421. The van der Waals surface area contributed by atoms with Crippen molar-refractivity contribution in [1.29, 1.82) is 0 Å². The molecule has 112 valence electrons. The van der Waals surface area contributed by atoms with Crippen molar-refractivity contribution in [2.75, 3.05) is 31.1 Å². The first kappa shape index (κ1) is 15.2. The maximum atomic E-state index is 5.72. The normalized spacial score (nSPS) is 16.9. The van der Waals surface area contributed by atoms with Crippen molar-refractivity contribution in [1.82, 2.24) is 9.97 Å². The molecule has 2 N–H and O–H groups in total. The molecular formula is C15H26N4O. The highest BCUT2D eigenvalue weighted by atomic mass is 16.5. The van der Waals surface area contributed by atoms with Crippen molar-refractivity contribution < 1.29 is 4.74 Å². The summed E-state index contributed by atoms with van der Waals surface area (Å²) in [5.41, 5.74) is 6.52. The van der Waals surface area contributed by atoms with Gasteiger partial charge in [-0.1, -0.05) is 13.8 Å². The van der Waals surface area contributed by atoms with Crippen LogP contribution < -0.4 is 10.6 Å². The van der Waals surface area contributed by atoms with Gasteiger partial charge in [-0.15, -0.1) is 0 Å². The average Bonchev–Trinajstić information content (AvgIpc) is 2.45. The van der Waals surface area contributed by atoms with E-state index >= 15 is 0 Å². The quantitative estimate of drug-likeness (QED) is 0.890. The van der Waals surface area contributed by atoms with Crippen LogP contribution in [0.15, 0.2) is 6.07 Å². The van der Waals surface area contributed by atoms with Gasteiger partial charge < -0.3 is 15.4 Å². The summed E-state index contributed by atoms with van der Waals surface area (Å²) in [6.45, 7) is 9.54. The lowest BCUT2D eigenvalue weighted by Gasteiger charge is -2.33. The third-order valence-corrected chi connectivity index (χ3v) is 3.61. The van der Waals surface area contributed by atoms with Gasteiger partial charge in [0, 0.05) is 37.3 Å². The third-order valence-electron chi connectivity index (χ3n) is 3.61. The van der Waals surface area contributed by atoms with Gasteiger partial charge >= 0.3 is 0 Å². The molecule has 0 aliphatic carbocycles. The number of anilines is 1. The zero-order chi connectivity index (χ0) is 14.5. The molecule has 1 fully saturated rings. The summed E-state index contributed by atoms with van der Waals surface area (Å²) in [5.74, 6) is 2.35. The molecule has 0 spiro atoms. The van der Waals surface area contributed by atoms with Crippen molar-refractivity contribution in [3.63, 3.8) is 0 Å². The molecule has 20 heavy (non-hydrogen) atoms. The topological polar surface area (TPSA) is 64.3 Å². The first-order valence-corrected chi connectivity index (χ1v) is 7.52. The average molecular weight is 278 g/mol. The van der Waals surface area contributed by atoms with Gasteiger partial charge in [0.1, 0.15) is 11.6 Å². The number of hydrogen-bond acceptors (Lipinski definition) is 5. The molecule has 0 atom stereocenters. The highest BCUT2D eigenvalue weighted by molar-refractivity contribution is 5.40. The Labute approximate surface area is 121 Å². The van der Waals surface area contributed by atoms with Gasteiger partial charge in [0.2, 0.25) is 0 Å². The van der Waals surface area contributed by atoms with Crippen LogP contribution in [0, 0.1) is 6.92 Å². The van der Waals surface area contributed by atoms with E-state index in [4.69, 9.17) is 15.5 Å². The molecule has 0 saturated carbocycles. The van der Waals surface area contributed by atoms with E-state index in [1.807, 2.05) is 6.92 Å². The van der Waals surface area contributed by atoms with Crippen LogP contribution in [-0.2, 0) is 4.74 Å². The fraction of sp³-hybridized carbons (Fsp3) is 0.733. The Kier molecular flexibility index (Phi) is 5.31. The number of nitrogens with two attached hydrogens (primary N) is 1. The van der Waals surface area contributed by atoms with Crippen molar-refractivity contribution >= 4 is 5.82 Å². The lowest BCUT2D eigenvalue weighted by atomic mass is 10.1. The summed E-state index contributed by atoms with van der Waals surface area (Å²) in [7, 11) is 0. The molecule has 0 bridgehead atoms. The van der Waals surface area contributed by atoms with Crippen LogP contribution in [0.2, 0.25) is 0 Å². The molecule has 1 saturated heterocycles. The Morgan fingerprint density at radius 3 is 2.65 bits per heavy atom. The maximum Gasteiger partial charge on any atom is 0.133 e. The highest BCUT2D eigenvalue weighted by Gasteiger charge is 2.21. The van der Waals surface area contributed by atoms with Gasteiger partial charge in [-0.05, 0) is 19.8 Å². The predicted octanol–water partition coefficient (Wildman–Crippen LogP) is 1.85. The summed E-state index contributed by atoms with van der Waals surface area (Å²) in [6, 6.07) is 2.08. The standard InChI is InChI=1S/C15H26N4O/c1-11(2)15-17-12(3)10-14(18-15)19-7-4-13(5-8-19)20-9-6-16/h10-11,13H,4-9,16H2,1-3H3. The van der Waals surface area contributed by atoms with Crippen LogP contribution in [0.3, 0.4) is 0 Å². The van der Waals surface area contributed by atoms with Crippen LogP contribution in [0.5, 0.6) is 0 Å². The van der Waals surface area contributed by atoms with Crippen molar-refractivity contribution in [2.24, 2.45) is 5.73 Å². The molecule has 1 aliphatic heterocycles. The van der Waals surface area contributed by atoms with E-state index in [2.05, 4.69) is 29.8 Å². The van der Waals surface area contributed by atoms with Crippen LogP contribution in [0.4, 0.5) is 5.82 Å². The molecular weight excluding hydrogens is 252 g/mol. The Morgan fingerprint density at radius 2 is 2.05 bits per heavy atom. The van der Waals surface area contributed by atoms with Crippen LogP contribution in [-0.4, -0.2) is 42.3 Å². The zero-order valence-electron chi connectivity index (χ0n) is 12.8. The minimum absolute atomic E-state index is 0.349. The maximum absolute atomic E-state index is 5.72. The van der Waals surface area contributed by atoms with E-state index in [0.29, 0.717) is 25.2 Å². The molecule has 1 aromatic rings. The largest absolute Gasteiger partial charge is 0.377 e. The molecule has 1 aromatic heterocycles. The lowest BCUT2D eigenvalue weighted by Crippen LogP contribution is -2.38. The third kappa shape index (κ3) is 3.90. The first-order valence-electron chi connectivity index (χ1n) is 7.52. The molecule has 2 heterocycles. The van der Waals surface area contributed by atoms with Crippen molar-refractivity contribution in [2.45, 2.75) is 45.6 Å². The van der Waals surface area contributed by atoms with Crippen LogP contribution in [0.25, 0.3) is 0 Å². The minimum Gasteiger partial charge on any atom is -0.377 e. The number of ether oxygens (including phenoxy) is 1. The van der Waals surface area contributed by atoms with Gasteiger partial charge in [-0.3, -0.25) is 0 Å². The minimum atomic E-state index is 0.349. The Morgan fingerprint density at radius 1 is 1.35 bits per heavy atom. The van der Waals surface area contributed by atoms with Gasteiger partial charge in [0.15, 0.2) is 0 Å². The van der Waals surface area contributed by atoms with Crippen molar-refractivity contribution in [3.8, 4) is 0 Å². The summed E-state index contributed by atoms with van der Waals surface area (Å²) < 4.78 is 5.72. The summed E-state index contributed by atoms with van der Waals surface area (Å²) in [5, 5.41) is 0. The molecule has 0 aromatic carbocycles. The Hall–Kier alpha value is -1.20. The summed E-state index contributed by atoms with van der Waals surface area (Å²) in [4.78, 5) is 11.5. The number of piperidine rings is 1. The fourth-order valence-electron chi connectivity index (χ4n) is 2.48. The van der Waals surface area contributed by atoms with E-state index in [9.17, 15) is 0 Å². The van der Waals surface area contributed by atoms with Gasteiger partial charge in [-0.2, -0.15) is 0 Å². The number of hydrogen-bond donors (Lipinski definition) is 1. The molecule has 1 aliphatic rings. The van der Waals surface area contributed by atoms with E-state index in [0.717, 1.165) is 43.3 Å². The van der Waals surface area contributed by atoms with Gasteiger partial charge in [0.25, 0.3) is 0 Å². The van der Waals surface area contributed by atoms with Crippen molar-refractivity contribution in [3.05, 3.63) is 17.6 Å². The van der Waals surface area contributed by atoms with Gasteiger partial charge in [0.05, 0.1) is 12.7 Å². The molecule has 5 heteroatoms. The second-order valence-electron chi connectivity index (χ2n) is 5.73. The van der Waals surface area contributed by atoms with Crippen LogP contribution in [0.1, 0.15) is 44.1 Å². The number of aromatic nitrogens is 2. The van der Waals surface area contributed by atoms with E-state index in [1.54, 1.807) is 0 Å². The Balaban J connectivity index is 1.99. The monoisotopic (exact) mass is 278 g/mol. The second-order valence-corrected chi connectivity index (χ2v) is 5.73. The van der Waals surface area contributed by atoms with Gasteiger partial charge in [-0.25, -0.2) is 9.97 Å². The molecule has 2 rings (SSSR count).